The van der Waals surface area contributed by atoms with Gasteiger partial charge < -0.3 is 14.8 Å². The van der Waals surface area contributed by atoms with Gasteiger partial charge >= 0.3 is 0 Å². The molecule has 4 aromatic carbocycles. The maximum absolute atomic E-state index is 12.9. The van der Waals surface area contributed by atoms with E-state index in [0.717, 1.165) is 21.8 Å². The second kappa shape index (κ2) is 9.11. The Hall–Kier alpha value is -4.37. The summed E-state index contributed by atoms with van der Waals surface area (Å²) in [6.07, 6.45) is 1.46. The van der Waals surface area contributed by atoms with Gasteiger partial charge in [0.2, 0.25) is 0 Å². The minimum atomic E-state index is -3.74. The number of nitrogens with zero attached hydrogens (tertiary/aromatic N) is 2. The van der Waals surface area contributed by atoms with Crippen LogP contribution < -0.4 is 19.5 Å². The number of sulfonamides is 1. The van der Waals surface area contributed by atoms with Gasteiger partial charge in [-0.15, -0.1) is 0 Å². The van der Waals surface area contributed by atoms with E-state index in [0.29, 0.717) is 28.5 Å². The van der Waals surface area contributed by atoms with Gasteiger partial charge in [-0.3, -0.25) is 4.72 Å². The molecule has 1 heterocycles. The summed E-state index contributed by atoms with van der Waals surface area (Å²) in [5, 5.41) is 5.85. The third-order valence-corrected chi connectivity index (χ3v) is 6.95. The van der Waals surface area contributed by atoms with Crippen LogP contribution in [0, 0.1) is 0 Å². The van der Waals surface area contributed by atoms with Crippen molar-refractivity contribution in [3.63, 3.8) is 0 Å². The number of fused-ring (bicyclic) bond motifs is 2. The highest BCUT2D eigenvalue weighted by molar-refractivity contribution is 7.92. The first-order chi connectivity index (χ1) is 17.0. The molecule has 0 saturated heterocycles. The van der Waals surface area contributed by atoms with Crippen molar-refractivity contribution in [2.45, 2.75) is 4.90 Å². The molecule has 5 rings (SSSR count). The number of hydrogen-bond donors (Lipinski definition) is 2. The average Bonchev–Trinajstić information content (AvgIpc) is 2.88. The number of hydrogen-bond acceptors (Lipinski definition) is 7. The molecule has 0 fully saturated rings. The number of ether oxygens (including phenoxy) is 2. The predicted octanol–water partition coefficient (Wildman–Crippen LogP) is 5.34. The van der Waals surface area contributed by atoms with Gasteiger partial charge in [0.25, 0.3) is 10.0 Å². The number of nitrogens with one attached hydrogen (secondary N) is 2. The first-order valence-electron chi connectivity index (χ1n) is 10.7. The van der Waals surface area contributed by atoms with Crippen LogP contribution >= 0.6 is 0 Å². The summed E-state index contributed by atoms with van der Waals surface area (Å²) >= 11 is 0. The Labute approximate surface area is 202 Å². The van der Waals surface area contributed by atoms with E-state index in [1.807, 2.05) is 30.3 Å². The van der Waals surface area contributed by atoms with Crippen molar-refractivity contribution in [1.29, 1.82) is 0 Å². The van der Waals surface area contributed by atoms with E-state index in [4.69, 9.17) is 9.47 Å². The van der Waals surface area contributed by atoms with Gasteiger partial charge in [0, 0.05) is 22.8 Å². The molecule has 9 heteroatoms. The summed E-state index contributed by atoms with van der Waals surface area (Å²) in [7, 11) is -0.599. The van der Waals surface area contributed by atoms with E-state index in [2.05, 4.69) is 20.0 Å². The lowest BCUT2D eigenvalue weighted by molar-refractivity contribution is 0.356. The highest BCUT2D eigenvalue weighted by Crippen LogP contribution is 2.34. The largest absolute Gasteiger partial charge is 0.493 e. The normalized spacial score (nSPS) is 11.4. The van der Waals surface area contributed by atoms with E-state index >= 15 is 0 Å². The number of anilines is 3. The molecule has 0 radical (unpaired) electrons. The quantitative estimate of drug-likeness (QED) is 0.320. The zero-order valence-electron chi connectivity index (χ0n) is 19.0. The molecule has 0 unspecified atom stereocenters. The van der Waals surface area contributed by atoms with Crippen molar-refractivity contribution in [2.75, 3.05) is 24.3 Å². The van der Waals surface area contributed by atoms with Crippen molar-refractivity contribution in [3.05, 3.63) is 85.2 Å². The molecule has 0 saturated carbocycles. The Morgan fingerprint density at radius 1 is 0.743 bits per heavy atom. The second-order valence-corrected chi connectivity index (χ2v) is 9.45. The molecule has 176 valence electrons. The van der Waals surface area contributed by atoms with Crippen LogP contribution in [0.3, 0.4) is 0 Å². The minimum Gasteiger partial charge on any atom is -0.493 e. The van der Waals surface area contributed by atoms with Crippen LogP contribution in [0.25, 0.3) is 21.7 Å². The molecule has 0 amide bonds. The Bertz CT molecular complexity index is 1640. The highest BCUT2D eigenvalue weighted by atomic mass is 32.2. The van der Waals surface area contributed by atoms with Crippen molar-refractivity contribution in [3.8, 4) is 11.5 Å². The summed E-state index contributed by atoms with van der Waals surface area (Å²) < 4.78 is 39.2. The maximum atomic E-state index is 12.9. The third kappa shape index (κ3) is 4.53. The van der Waals surface area contributed by atoms with Crippen LogP contribution in [0.1, 0.15) is 0 Å². The zero-order valence-corrected chi connectivity index (χ0v) is 19.8. The van der Waals surface area contributed by atoms with Crippen LogP contribution in [-0.2, 0) is 10.0 Å². The predicted molar refractivity (Wildman–Crippen MR) is 137 cm³/mol. The smallest absolute Gasteiger partial charge is 0.261 e. The third-order valence-electron chi connectivity index (χ3n) is 5.57. The summed E-state index contributed by atoms with van der Waals surface area (Å²) in [5.41, 5.74) is 1.87. The molecule has 0 bridgehead atoms. The lowest BCUT2D eigenvalue weighted by atomic mass is 10.1. The van der Waals surface area contributed by atoms with E-state index in [-0.39, 0.29) is 4.90 Å². The van der Waals surface area contributed by atoms with Crippen LogP contribution in [0.5, 0.6) is 11.5 Å². The van der Waals surface area contributed by atoms with Gasteiger partial charge in [0.05, 0.1) is 24.6 Å². The fourth-order valence-corrected chi connectivity index (χ4v) is 4.88. The number of rotatable bonds is 7. The van der Waals surface area contributed by atoms with Gasteiger partial charge in [-0.25, -0.2) is 18.4 Å². The topological polar surface area (TPSA) is 102 Å². The minimum absolute atomic E-state index is 0.204. The number of methoxy groups -OCH3 is 2. The van der Waals surface area contributed by atoms with Gasteiger partial charge in [0.15, 0.2) is 11.5 Å². The Morgan fingerprint density at radius 3 is 2.17 bits per heavy atom. The SMILES string of the molecule is COc1cc2ncnc(Nc3ccc(NS(=O)(=O)c4ccc5ccccc5c4)cc3)c2cc1OC. The molecule has 2 N–H and O–H groups in total. The summed E-state index contributed by atoms with van der Waals surface area (Å²) in [6.45, 7) is 0. The molecule has 1 aromatic heterocycles. The van der Waals surface area contributed by atoms with Crippen LogP contribution in [0.2, 0.25) is 0 Å². The van der Waals surface area contributed by atoms with Crippen molar-refractivity contribution >= 4 is 48.9 Å². The monoisotopic (exact) mass is 486 g/mol. The van der Waals surface area contributed by atoms with E-state index in [1.54, 1.807) is 62.8 Å². The Morgan fingerprint density at radius 2 is 1.43 bits per heavy atom. The van der Waals surface area contributed by atoms with Crippen LogP contribution in [-0.4, -0.2) is 32.6 Å². The van der Waals surface area contributed by atoms with Crippen LogP contribution in [0.15, 0.2) is 90.1 Å². The molecule has 0 atom stereocenters. The fourth-order valence-electron chi connectivity index (χ4n) is 3.79. The van der Waals surface area contributed by atoms with E-state index in [1.165, 1.54) is 6.33 Å². The lowest BCUT2D eigenvalue weighted by Crippen LogP contribution is -2.12. The molecule has 5 aromatic rings. The lowest BCUT2D eigenvalue weighted by Gasteiger charge is -2.13. The standard InChI is InChI=1S/C26H22N4O4S/c1-33-24-14-22-23(15-25(24)34-2)27-16-28-26(22)29-19-8-10-20(11-9-19)30-35(31,32)21-12-7-17-5-3-4-6-18(17)13-21/h3-16,30H,1-2H3,(H,27,28,29). The van der Waals surface area contributed by atoms with Crippen molar-refractivity contribution in [2.24, 2.45) is 0 Å². The number of aromatic nitrogens is 2. The van der Waals surface area contributed by atoms with Gasteiger partial charge in [0.1, 0.15) is 12.1 Å². The van der Waals surface area contributed by atoms with Gasteiger partial charge in [-0.2, -0.15) is 0 Å². The molecule has 0 aliphatic heterocycles. The molecule has 0 aliphatic rings. The highest BCUT2D eigenvalue weighted by Gasteiger charge is 2.15. The molecule has 0 spiro atoms. The summed E-state index contributed by atoms with van der Waals surface area (Å²) in [5.74, 6) is 1.73. The first-order valence-corrected chi connectivity index (χ1v) is 12.2. The molecule has 0 aliphatic carbocycles. The Kier molecular flexibility index (Phi) is 5.84. The Balaban J connectivity index is 1.37. The second-order valence-electron chi connectivity index (χ2n) is 7.76. The van der Waals surface area contributed by atoms with Gasteiger partial charge in [-0.1, -0.05) is 30.3 Å². The molecule has 35 heavy (non-hydrogen) atoms. The molecule has 8 nitrogen and oxygen atoms in total. The summed E-state index contributed by atoms with van der Waals surface area (Å²) in [6, 6.07) is 23.2. The first kappa shape index (κ1) is 22.4. The number of benzene rings is 4. The van der Waals surface area contributed by atoms with Crippen LogP contribution in [0.4, 0.5) is 17.2 Å². The van der Waals surface area contributed by atoms with E-state index < -0.39 is 10.0 Å². The van der Waals surface area contributed by atoms with E-state index in [9.17, 15) is 8.42 Å². The zero-order chi connectivity index (χ0) is 24.4. The molecular formula is C26H22N4O4S. The summed E-state index contributed by atoms with van der Waals surface area (Å²) in [4.78, 5) is 8.86. The van der Waals surface area contributed by atoms with Crippen molar-refractivity contribution in [1.82, 2.24) is 9.97 Å². The van der Waals surface area contributed by atoms with Gasteiger partial charge in [-0.05, 0) is 53.2 Å². The fraction of sp³-hybridized carbons (Fsp3) is 0.0769. The molecular weight excluding hydrogens is 464 g/mol. The average molecular weight is 487 g/mol. The maximum Gasteiger partial charge on any atom is 0.261 e. The van der Waals surface area contributed by atoms with Crippen molar-refractivity contribution < 1.29 is 17.9 Å².